The van der Waals surface area contributed by atoms with Gasteiger partial charge in [-0.2, -0.15) is 0 Å². The minimum Gasteiger partial charge on any atom is -0.480 e. The Balaban J connectivity index is 1.70. The van der Waals surface area contributed by atoms with Gasteiger partial charge in [-0.25, -0.2) is 4.79 Å². The van der Waals surface area contributed by atoms with E-state index in [1.807, 2.05) is 0 Å². The maximum atomic E-state index is 12.8. The van der Waals surface area contributed by atoms with Crippen LogP contribution >= 0.6 is 23.2 Å². The van der Waals surface area contributed by atoms with Crippen LogP contribution in [0.1, 0.15) is 36.0 Å². The molecular weight excluding hydrogens is 379 g/mol. The zero-order valence-electron chi connectivity index (χ0n) is 14.2. The second-order valence-electron chi connectivity index (χ2n) is 6.75. The van der Waals surface area contributed by atoms with Gasteiger partial charge in [0.05, 0.1) is 16.0 Å². The molecule has 2 saturated heterocycles. The lowest BCUT2D eigenvalue weighted by Gasteiger charge is -2.35. The maximum Gasteiger partial charge on any atom is 0.326 e. The molecule has 8 heteroatoms. The number of carboxylic acids is 1. The fourth-order valence-corrected chi connectivity index (χ4v) is 3.99. The number of carboxylic acid groups (broad SMARTS) is 1. The third-order valence-electron chi connectivity index (χ3n) is 5.05. The Bertz CT molecular complexity index is 740. The molecule has 0 aromatic heterocycles. The Morgan fingerprint density at radius 3 is 2.46 bits per heavy atom. The minimum absolute atomic E-state index is 0.165. The molecule has 2 aliphatic rings. The summed E-state index contributed by atoms with van der Waals surface area (Å²) in [6.45, 7) is 1.32. The lowest BCUT2D eigenvalue weighted by Crippen LogP contribution is -2.49. The maximum absolute atomic E-state index is 12.8. The Morgan fingerprint density at radius 2 is 1.77 bits per heavy atom. The molecular formula is C18H20Cl2N2O4. The van der Waals surface area contributed by atoms with Crippen LogP contribution in [0.5, 0.6) is 0 Å². The number of nitrogens with zero attached hydrogens (tertiary/aromatic N) is 2. The number of benzene rings is 1. The van der Waals surface area contributed by atoms with Crippen LogP contribution in [0.25, 0.3) is 0 Å². The summed E-state index contributed by atoms with van der Waals surface area (Å²) in [5.41, 5.74) is 0.428. The molecule has 0 radical (unpaired) electrons. The van der Waals surface area contributed by atoms with Crippen molar-refractivity contribution in [3.8, 4) is 0 Å². The van der Waals surface area contributed by atoms with Crippen molar-refractivity contribution >= 4 is 41.0 Å². The monoisotopic (exact) mass is 398 g/mol. The Labute approximate surface area is 161 Å². The number of aliphatic carboxylic acids is 1. The number of amides is 2. The van der Waals surface area contributed by atoms with Crippen molar-refractivity contribution in [1.82, 2.24) is 9.80 Å². The number of hydrogen-bond acceptors (Lipinski definition) is 3. The van der Waals surface area contributed by atoms with Crippen molar-refractivity contribution in [3.63, 3.8) is 0 Å². The molecule has 0 aliphatic carbocycles. The van der Waals surface area contributed by atoms with Crippen LogP contribution in [-0.4, -0.2) is 58.4 Å². The van der Waals surface area contributed by atoms with Crippen LogP contribution in [0.3, 0.4) is 0 Å². The molecule has 140 valence electrons. The van der Waals surface area contributed by atoms with E-state index in [0.29, 0.717) is 60.9 Å². The van der Waals surface area contributed by atoms with Crippen molar-refractivity contribution in [2.45, 2.75) is 31.7 Å². The molecule has 6 nitrogen and oxygen atoms in total. The van der Waals surface area contributed by atoms with Crippen LogP contribution in [0.4, 0.5) is 0 Å². The van der Waals surface area contributed by atoms with Gasteiger partial charge in [-0.05, 0) is 43.9 Å². The molecule has 1 N–H and O–H groups in total. The normalized spacial score (nSPS) is 23.2. The van der Waals surface area contributed by atoms with Gasteiger partial charge in [0.15, 0.2) is 0 Å². The summed E-state index contributed by atoms with van der Waals surface area (Å²) in [5, 5.41) is 9.97. The Hall–Kier alpha value is -1.79. The summed E-state index contributed by atoms with van der Waals surface area (Å²) in [5.74, 6) is -1.69. The predicted octanol–water partition coefficient (Wildman–Crippen LogP) is 2.92. The average Bonchev–Trinajstić information content (AvgIpc) is 3.13. The summed E-state index contributed by atoms with van der Waals surface area (Å²) in [4.78, 5) is 40.0. The molecule has 0 spiro atoms. The highest BCUT2D eigenvalue weighted by Gasteiger charge is 2.39. The van der Waals surface area contributed by atoms with Crippen LogP contribution in [0, 0.1) is 5.92 Å². The van der Waals surface area contributed by atoms with Crippen molar-refractivity contribution in [1.29, 1.82) is 0 Å². The van der Waals surface area contributed by atoms with Gasteiger partial charge in [0.2, 0.25) is 5.91 Å². The zero-order valence-corrected chi connectivity index (χ0v) is 15.7. The molecule has 2 amide bonds. The molecule has 3 rings (SSSR count). The van der Waals surface area contributed by atoms with Crippen LogP contribution in [0.2, 0.25) is 10.0 Å². The van der Waals surface area contributed by atoms with Crippen LogP contribution in [0.15, 0.2) is 18.2 Å². The van der Waals surface area contributed by atoms with Crippen molar-refractivity contribution in [3.05, 3.63) is 33.8 Å². The fraction of sp³-hybridized carbons (Fsp3) is 0.500. The second-order valence-corrected chi connectivity index (χ2v) is 7.56. The average molecular weight is 399 g/mol. The van der Waals surface area contributed by atoms with E-state index >= 15 is 0 Å². The van der Waals surface area contributed by atoms with E-state index in [9.17, 15) is 19.5 Å². The quantitative estimate of drug-likeness (QED) is 0.848. The molecule has 0 bridgehead atoms. The molecule has 2 atom stereocenters. The second kappa shape index (κ2) is 7.84. The number of carbonyl (C=O) groups excluding carboxylic acids is 2. The van der Waals surface area contributed by atoms with E-state index in [-0.39, 0.29) is 17.7 Å². The highest BCUT2D eigenvalue weighted by molar-refractivity contribution is 6.42. The predicted molar refractivity (Wildman–Crippen MR) is 97.5 cm³/mol. The van der Waals surface area contributed by atoms with Gasteiger partial charge >= 0.3 is 5.97 Å². The van der Waals surface area contributed by atoms with Crippen LogP contribution in [-0.2, 0) is 9.59 Å². The fourth-order valence-electron chi connectivity index (χ4n) is 3.70. The first-order valence-electron chi connectivity index (χ1n) is 8.66. The number of piperidine rings is 1. The molecule has 2 aliphatic heterocycles. The highest BCUT2D eigenvalue weighted by atomic mass is 35.5. The number of halogens is 2. The van der Waals surface area contributed by atoms with E-state index in [1.54, 1.807) is 17.0 Å². The SMILES string of the molecule is O=C(O)C1CCCN1C(=O)C1CCCN(C(=O)c2ccc(Cl)c(Cl)c2)C1. The smallest absolute Gasteiger partial charge is 0.326 e. The third-order valence-corrected chi connectivity index (χ3v) is 5.78. The Kier molecular flexibility index (Phi) is 5.73. The summed E-state index contributed by atoms with van der Waals surface area (Å²) in [7, 11) is 0. The molecule has 1 aromatic carbocycles. The van der Waals surface area contributed by atoms with Gasteiger partial charge in [0.1, 0.15) is 6.04 Å². The third kappa shape index (κ3) is 3.81. The number of carbonyl (C=O) groups is 3. The van der Waals surface area contributed by atoms with Crippen molar-refractivity contribution < 1.29 is 19.5 Å². The topological polar surface area (TPSA) is 77.9 Å². The van der Waals surface area contributed by atoms with Crippen molar-refractivity contribution in [2.24, 2.45) is 5.92 Å². The summed E-state index contributed by atoms with van der Waals surface area (Å²) >= 11 is 11.9. The first-order valence-corrected chi connectivity index (χ1v) is 9.41. The van der Waals surface area contributed by atoms with Gasteiger partial charge in [-0.15, -0.1) is 0 Å². The number of rotatable bonds is 3. The summed E-state index contributed by atoms with van der Waals surface area (Å²) < 4.78 is 0. The first kappa shape index (κ1) is 19.0. The van der Waals surface area contributed by atoms with Gasteiger partial charge in [-0.3, -0.25) is 9.59 Å². The zero-order chi connectivity index (χ0) is 18.8. The summed E-state index contributed by atoms with van der Waals surface area (Å²) in [6, 6.07) is 3.97. The van der Waals surface area contributed by atoms with Gasteiger partial charge in [0, 0.05) is 25.2 Å². The van der Waals surface area contributed by atoms with Crippen molar-refractivity contribution in [2.75, 3.05) is 19.6 Å². The first-order chi connectivity index (χ1) is 12.4. The number of likely N-dealkylation sites (tertiary alicyclic amines) is 2. The van der Waals surface area contributed by atoms with E-state index in [1.165, 1.54) is 11.0 Å². The van der Waals surface area contributed by atoms with E-state index < -0.39 is 12.0 Å². The van der Waals surface area contributed by atoms with Gasteiger partial charge in [0.25, 0.3) is 5.91 Å². The number of hydrogen-bond donors (Lipinski definition) is 1. The highest BCUT2D eigenvalue weighted by Crippen LogP contribution is 2.27. The van der Waals surface area contributed by atoms with Gasteiger partial charge in [-0.1, -0.05) is 23.2 Å². The lowest BCUT2D eigenvalue weighted by atomic mass is 9.95. The van der Waals surface area contributed by atoms with E-state index in [0.717, 1.165) is 0 Å². The largest absolute Gasteiger partial charge is 0.480 e. The van der Waals surface area contributed by atoms with E-state index in [2.05, 4.69) is 0 Å². The molecule has 0 saturated carbocycles. The molecule has 1 aromatic rings. The molecule has 26 heavy (non-hydrogen) atoms. The molecule has 2 fully saturated rings. The Morgan fingerprint density at radius 1 is 1.04 bits per heavy atom. The standard InChI is InChI=1S/C18H20Cl2N2O4/c19-13-6-5-11(9-14(13)20)16(23)21-7-1-3-12(10-21)17(24)22-8-2-4-15(22)18(25)26/h5-6,9,12,15H,1-4,7-8,10H2,(H,25,26). The molecule has 2 heterocycles. The van der Waals surface area contributed by atoms with E-state index in [4.69, 9.17) is 23.2 Å². The van der Waals surface area contributed by atoms with Gasteiger partial charge < -0.3 is 14.9 Å². The van der Waals surface area contributed by atoms with Crippen LogP contribution < -0.4 is 0 Å². The minimum atomic E-state index is -0.963. The summed E-state index contributed by atoms with van der Waals surface area (Å²) in [6.07, 6.45) is 2.54. The molecule has 2 unspecified atom stereocenters. The lowest BCUT2D eigenvalue weighted by molar-refractivity contribution is -0.150.